The van der Waals surface area contributed by atoms with E-state index in [0.717, 1.165) is 0 Å². The molecule has 0 bridgehead atoms. The fourth-order valence-electron chi connectivity index (χ4n) is 1.43. The van der Waals surface area contributed by atoms with Gasteiger partial charge in [-0.2, -0.15) is 13.2 Å². The second-order valence-corrected chi connectivity index (χ2v) is 3.95. The zero-order valence-corrected chi connectivity index (χ0v) is 10.2. The molecule has 5 nitrogen and oxygen atoms in total. The normalized spacial score (nSPS) is 14.3. The van der Waals surface area contributed by atoms with Gasteiger partial charge in [-0.3, -0.25) is 0 Å². The highest BCUT2D eigenvalue weighted by Crippen LogP contribution is 2.19. The van der Waals surface area contributed by atoms with Crippen molar-refractivity contribution in [3.8, 4) is 0 Å². The van der Waals surface area contributed by atoms with Crippen LogP contribution in [0.2, 0.25) is 0 Å². The quantitative estimate of drug-likeness (QED) is 0.214. The minimum Gasteiger partial charge on any atom is -0.409 e. The zero-order chi connectivity index (χ0) is 15.3. The highest BCUT2D eigenvalue weighted by molar-refractivity contribution is 5.97. The monoisotopic (exact) mass is 295 g/mol. The fraction of sp³-hybridized carbons (Fsp3) is 0.364. The number of hydrogen-bond donors (Lipinski definition) is 4. The third-order valence-corrected chi connectivity index (χ3v) is 2.49. The molecule has 1 aromatic carbocycles. The molecule has 0 radical (unpaired) electrons. The number of alkyl halides is 3. The van der Waals surface area contributed by atoms with Crippen LogP contribution in [0.4, 0.5) is 17.6 Å². The van der Waals surface area contributed by atoms with E-state index >= 15 is 0 Å². The lowest BCUT2D eigenvalue weighted by atomic mass is 10.1. The van der Waals surface area contributed by atoms with E-state index in [1.807, 2.05) is 0 Å². The summed E-state index contributed by atoms with van der Waals surface area (Å²) in [5, 5.41) is 22.2. The Morgan fingerprint density at radius 1 is 1.40 bits per heavy atom. The van der Waals surface area contributed by atoms with Crippen molar-refractivity contribution >= 4 is 5.84 Å². The van der Waals surface area contributed by atoms with Gasteiger partial charge in [0.05, 0.1) is 5.56 Å². The first kappa shape index (κ1) is 16.2. The summed E-state index contributed by atoms with van der Waals surface area (Å²) in [6, 6.07) is 4.00. The Labute approximate surface area is 111 Å². The first-order valence-corrected chi connectivity index (χ1v) is 5.48. The Bertz CT molecular complexity index is 491. The van der Waals surface area contributed by atoms with Crippen molar-refractivity contribution in [1.82, 2.24) is 5.32 Å². The highest BCUT2D eigenvalue weighted by Gasteiger charge is 2.37. The number of nitrogens with zero attached hydrogens (tertiary/aromatic N) is 1. The first-order valence-electron chi connectivity index (χ1n) is 5.48. The second kappa shape index (κ2) is 6.53. The van der Waals surface area contributed by atoms with Crippen molar-refractivity contribution in [2.45, 2.75) is 18.8 Å². The van der Waals surface area contributed by atoms with Crippen LogP contribution < -0.4 is 11.1 Å². The van der Waals surface area contributed by atoms with Gasteiger partial charge in [-0.1, -0.05) is 17.3 Å². The Morgan fingerprint density at radius 3 is 2.60 bits per heavy atom. The van der Waals surface area contributed by atoms with E-state index in [2.05, 4.69) is 10.5 Å². The SMILES string of the molecule is N/C(=N/O)c1cccc(CNCC(O)C(F)(F)F)c1F. The van der Waals surface area contributed by atoms with Crippen LogP contribution in [0.25, 0.3) is 0 Å². The van der Waals surface area contributed by atoms with Gasteiger partial charge in [0, 0.05) is 18.7 Å². The maximum absolute atomic E-state index is 13.9. The van der Waals surface area contributed by atoms with Gasteiger partial charge >= 0.3 is 6.18 Å². The molecule has 0 amide bonds. The number of amidine groups is 1. The Kier molecular flexibility index (Phi) is 5.28. The number of oxime groups is 1. The molecule has 1 unspecified atom stereocenters. The Balaban J connectivity index is 2.71. The van der Waals surface area contributed by atoms with E-state index < -0.39 is 30.5 Å². The molecule has 5 N–H and O–H groups in total. The van der Waals surface area contributed by atoms with E-state index in [4.69, 9.17) is 16.0 Å². The van der Waals surface area contributed by atoms with Crippen molar-refractivity contribution < 1.29 is 27.9 Å². The van der Waals surface area contributed by atoms with E-state index in [9.17, 15) is 17.6 Å². The Morgan fingerprint density at radius 2 is 2.05 bits per heavy atom. The summed E-state index contributed by atoms with van der Waals surface area (Å²) in [5.41, 5.74) is 5.12. The van der Waals surface area contributed by atoms with Gasteiger partial charge in [0.15, 0.2) is 11.9 Å². The minimum atomic E-state index is -4.73. The molecule has 0 aliphatic rings. The van der Waals surface area contributed by atoms with Crippen molar-refractivity contribution in [1.29, 1.82) is 0 Å². The molecule has 112 valence electrons. The molecular formula is C11H13F4N3O2. The van der Waals surface area contributed by atoms with Gasteiger partial charge in [0.25, 0.3) is 0 Å². The summed E-state index contributed by atoms with van der Waals surface area (Å²) in [7, 11) is 0. The zero-order valence-electron chi connectivity index (χ0n) is 10.2. The van der Waals surface area contributed by atoms with Gasteiger partial charge in [-0.05, 0) is 6.07 Å². The van der Waals surface area contributed by atoms with Gasteiger partial charge in [-0.15, -0.1) is 0 Å². The van der Waals surface area contributed by atoms with Crippen molar-refractivity contribution in [2.24, 2.45) is 10.9 Å². The molecule has 1 atom stereocenters. The molecular weight excluding hydrogens is 282 g/mol. The van der Waals surface area contributed by atoms with Crippen molar-refractivity contribution in [3.05, 3.63) is 35.1 Å². The summed E-state index contributed by atoms with van der Waals surface area (Å²) in [6.07, 6.45) is -7.26. The molecule has 0 heterocycles. The number of hydrogen-bond acceptors (Lipinski definition) is 4. The molecule has 0 spiro atoms. The first-order chi connectivity index (χ1) is 9.27. The molecule has 1 rings (SSSR count). The number of nitrogens with one attached hydrogen (secondary N) is 1. The average molecular weight is 295 g/mol. The average Bonchev–Trinajstić information content (AvgIpc) is 2.38. The number of aliphatic hydroxyl groups is 1. The molecule has 0 aliphatic carbocycles. The van der Waals surface area contributed by atoms with E-state index in [1.54, 1.807) is 0 Å². The van der Waals surface area contributed by atoms with Crippen LogP contribution in [0, 0.1) is 5.82 Å². The summed E-state index contributed by atoms with van der Waals surface area (Å²) < 4.78 is 50.0. The van der Waals surface area contributed by atoms with Crippen LogP contribution in [0.5, 0.6) is 0 Å². The van der Waals surface area contributed by atoms with Crippen molar-refractivity contribution in [3.63, 3.8) is 0 Å². The molecule has 0 aliphatic heterocycles. The summed E-state index contributed by atoms with van der Waals surface area (Å²) in [4.78, 5) is 0. The van der Waals surface area contributed by atoms with Gasteiger partial charge < -0.3 is 21.4 Å². The standard InChI is InChI=1S/C11H13F4N3O2/c12-9-6(2-1-3-7(9)10(16)18-20)4-17-5-8(19)11(13,14)15/h1-3,8,17,19-20H,4-5H2,(H2,16,18). The maximum atomic E-state index is 13.9. The molecule has 20 heavy (non-hydrogen) atoms. The van der Waals surface area contributed by atoms with Crippen LogP contribution in [-0.2, 0) is 6.54 Å². The topological polar surface area (TPSA) is 90.9 Å². The van der Waals surface area contributed by atoms with Crippen LogP contribution in [0.1, 0.15) is 11.1 Å². The van der Waals surface area contributed by atoms with Crippen molar-refractivity contribution in [2.75, 3.05) is 6.54 Å². The van der Waals surface area contributed by atoms with E-state index in [0.29, 0.717) is 0 Å². The summed E-state index contributed by atoms with van der Waals surface area (Å²) in [5.74, 6) is -1.25. The highest BCUT2D eigenvalue weighted by atomic mass is 19.4. The predicted octanol–water partition coefficient (Wildman–Crippen LogP) is 0.933. The van der Waals surface area contributed by atoms with Crippen LogP contribution in [0.3, 0.4) is 0 Å². The number of halogens is 4. The number of aliphatic hydroxyl groups excluding tert-OH is 1. The molecule has 9 heteroatoms. The molecule has 0 fully saturated rings. The van der Waals surface area contributed by atoms with Gasteiger partial charge in [0.1, 0.15) is 5.82 Å². The second-order valence-electron chi connectivity index (χ2n) is 3.95. The predicted molar refractivity (Wildman–Crippen MR) is 62.7 cm³/mol. The number of nitrogens with two attached hydrogens (primary N) is 1. The van der Waals surface area contributed by atoms with Crippen LogP contribution in [-0.4, -0.2) is 35.0 Å². The lowest BCUT2D eigenvalue weighted by molar-refractivity contribution is -0.201. The molecule has 0 saturated heterocycles. The fourth-order valence-corrected chi connectivity index (χ4v) is 1.43. The number of rotatable bonds is 5. The van der Waals surface area contributed by atoms with Gasteiger partial charge in [-0.25, -0.2) is 4.39 Å². The third-order valence-electron chi connectivity index (χ3n) is 2.49. The lowest BCUT2D eigenvalue weighted by Gasteiger charge is -2.15. The molecule has 1 aromatic rings. The smallest absolute Gasteiger partial charge is 0.409 e. The Hall–Kier alpha value is -1.87. The summed E-state index contributed by atoms with van der Waals surface area (Å²) in [6.45, 7) is -1.01. The summed E-state index contributed by atoms with van der Waals surface area (Å²) >= 11 is 0. The largest absolute Gasteiger partial charge is 0.415 e. The van der Waals surface area contributed by atoms with Crippen LogP contribution >= 0.6 is 0 Å². The molecule has 0 aromatic heterocycles. The molecule has 0 saturated carbocycles. The lowest BCUT2D eigenvalue weighted by Crippen LogP contribution is -2.38. The third kappa shape index (κ3) is 4.07. The minimum absolute atomic E-state index is 0.0310. The van der Waals surface area contributed by atoms with E-state index in [1.165, 1.54) is 18.2 Å². The van der Waals surface area contributed by atoms with E-state index in [-0.39, 0.29) is 17.7 Å². The van der Waals surface area contributed by atoms with Gasteiger partial charge in [0.2, 0.25) is 0 Å². The number of benzene rings is 1. The maximum Gasteiger partial charge on any atom is 0.415 e. The van der Waals surface area contributed by atoms with Crippen LogP contribution in [0.15, 0.2) is 23.4 Å².